The van der Waals surface area contributed by atoms with Crippen molar-refractivity contribution in [2.45, 2.75) is 101 Å². The predicted molar refractivity (Wildman–Crippen MR) is 131 cm³/mol. The van der Waals surface area contributed by atoms with Crippen LogP contribution in [0.5, 0.6) is 0 Å². The molecule has 2 aromatic heterocycles. The van der Waals surface area contributed by atoms with Gasteiger partial charge >= 0.3 is 12.3 Å². The van der Waals surface area contributed by atoms with E-state index in [0.717, 1.165) is 12.3 Å². The van der Waals surface area contributed by atoms with Crippen molar-refractivity contribution in [1.82, 2.24) is 25.2 Å². The van der Waals surface area contributed by atoms with E-state index >= 15 is 0 Å². The third-order valence-electron chi connectivity index (χ3n) is 7.20. The molecular formula is C26H32F7N5O3. The van der Waals surface area contributed by atoms with Gasteiger partial charge in [-0.15, -0.1) is 0 Å². The molecule has 2 saturated carbocycles. The van der Waals surface area contributed by atoms with Gasteiger partial charge in [-0.3, -0.25) is 4.79 Å². The summed E-state index contributed by atoms with van der Waals surface area (Å²) < 4.78 is 102. The maximum Gasteiger partial charge on any atom is 0.412 e. The normalized spacial score (nSPS) is 21.1. The lowest BCUT2D eigenvalue weighted by molar-refractivity contribution is -0.165. The number of alkyl carbamates (subject to hydrolysis) is 1. The van der Waals surface area contributed by atoms with Gasteiger partial charge in [-0.1, -0.05) is 0 Å². The summed E-state index contributed by atoms with van der Waals surface area (Å²) in [4.78, 5) is 29.2. The molecule has 2 amide bonds. The van der Waals surface area contributed by atoms with Crippen LogP contribution in [0.2, 0.25) is 0 Å². The number of imidazole rings is 1. The SMILES string of the molecule is CC(C)(C)OC(=O)N[C@H](c1cn2ncc([C@H](NC(=O)CC3CC(F)(F)C3)C(F)(F)F)cc2n1)C1CCC(F)(F)CC1. The fourth-order valence-electron chi connectivity index (χ4n) is 5.25. The number of nitrogens with one attached hydrogen (secondary N) is 2. The van der Waals surface area contributed by atoms with E-state index in [1.807, 2.05) is 5.32 Å². The van der Waals surface area contributed by atoms with E-state index in [1.54, 1.807) is 20.8 Å². The van der Waals surface area contributed by atoms with Gasteiger partial charge in [0.2, 0.25) is 17.8 Å². The number of ether oxygens (including phenoxy) is 1. The van der Waals surface area contributed by atoms with Gasteiger partial charge in [0.15, 0.2) is 11.7 Å². The Balaban J connectivity index is 1.57. The van der Waals surface area contributed by atoms with Crippen molar-refractivity contribution in [2.75, 3.05) is 0 Å². The summed E-state index contributed by atoms with van der Waals surface area (Å²) in [5, 5.41) is 8.52. The minimum absolute atomic E-state index is 0.0447. The molecule has 2 aromatic rings. The van der Waals surface area contributed by atoms with E-state index in [1.165, 1.54) is 10.7 Å². The Morgan fingerprint density at radius 1 is 1.07 bits per heavy atom. The van der Waals surface area contributed by atoms with Crippen LogP contribution < -0.4 is 10.6 Å². The highest BCUT2D eigenvalue weighted by Crippen LogP contribution is 2.44. The number of rotatable bonds is 7. The van der Waals surface area contributed by atoms with E-state index in [4.69, 9.17) is 4.74 Å². The van der Waals surface area contributed by atoms with Crippen molar-refractivity contribution in [2.24, 2.45) is 11.8 Å². The second-order valence-corrected chi connectivity index (χ2v) is 12.0. The Kier molecular flexibility index (Phi) is 8.22. The quantitative estimate of drug-likeness (QED) is 0.368. The number of carbonyl (C=O) groups is 2. The first-order chi connectivity index (χ1) is 18.8. The van der Waals surface area contributed by atoms with Crippen LogP contribution in [0.4, 0.5) is 35.5 Å². The molecule has 0 bridgehead atoms. The average molecular weight is 596 g/mol. The number of amides is 2. The minimum atomic E-state index is -4.93. The fraction of sp³-hybridized carbons (Fsp3) is 0.692. The van der Waals surface area contributed by atoms with Crippen molar-refractivity contribution in [1.29, 1.82) is 0 Å². The molecule has 228 valence electrons. The predicted octanol–water partition coefficient (Wildman–Crippen LogP) is 6.28. The molecule has 2 fully saturated rings. The molecule has 0 unspecified atom stereocenters. The van der Waals surface area contributed by atoms with Gasteiger partial charge in [0.05, 0.1) is 24.1 Å². The van der Waals surface area contributed by atoms with Crippen LogP contribution in [0.3, 0.4) is 0 Å². The average Bonchev–Trinajstić information content (AvgIpc) is 3.21. The molecule has 0 radical (unpaired) electrons. The number of alkyl halides is 7. The molecular weight excluding hydrogens is 563 g/mol. The molecule has 41 heavy (non-hydrogen) atoms. The minimum Gasteiger partial charge on any atom is -0.444 e. The van der Waals surface area contributed by atoms with Gasteiger partial charge in [-0.25, -0.2) is 31.9 Å². The molecule has 2 N–H and O–H groups in total. The number of halogens is 7. The van der Waals surface area contributed by atoms with Gasteiger partial charge in [0.25, 0.3) is 0 Å². The summed E-state index contributed by atoms with van der Waals surface area (Å²) in [6.45, 7) is 4.95. The smallest absolute Gasteiger partial charge is 0.412 e. The molecule has 2 aliphatic rings. The zero-order valence-corrected chi connectivity index (χ0v) is 22.7. The third-order valence-corrected chi connectivity index (χ3v) is 7.20. The Bertz CT molecular complexity index is 1260. The second-order valence-electron chi connectivity index (χ2n) is 12.0. The van der Waals surface area contributed by atoms with E-state index in [2.05, 4.69) is 15.4 Å². The molecule has 2 heterocycles. The highest BCUT2D eigenvalue weighted by molar-refractivity contribution is 5.77. The number of fused-ring (bicyclic) bond motifs is 1. The first-order valence-electron chi connectivity index (χ1n) is 13.3. The fourth-order valence-corrected chi connectivity index (χ4v) is 5.25. The largest absolute Gasteiger partial charge is 0.444 e. The number of carbonyl (C=O) groups excluding carboxylic acids is 2. The monoisotopic (exact) mass is 595 g/mol. The summed E-state index contributed by atoms with van der Waals surface area (Å²) >= 11 is 0. The first kappa shape index (κ1) is 30.8. The van der Waals surface area contributed by atoms with Gasteiger partial charge < -0.3 is 15.4 Å². The van der Waals surface area contributed by atoms with Crippen molar-refractivity contribution in [3.63, 3.8) is 0 Å². The van der Waals surface area contributed by atoms with Crippen LogP contribution in [0, 0.1) is 11.8 Å². The van der Waals surface area contributed by atoms with Gasteiger partial charge in [0.1, 0.15) is 5.60 Å². The summed E-state index contributed by atoms with van der Waals surface area (Å²) in [5.74, 6) is -7.92. The highest BCUT2D eigenvalue weighted by Gasteiger charge is 2.47. The topological polar surface area (TPSA) is 97.6 Å². The van der Waals surface area contributed by atoms with Gasteiger partial charge in [-0.05, 0) is 51.5 Å². The van der Waals surface area contributed by atoms with Crippen molar-refractivity contribution < 1.29 is 45.1 Å². The molecule has 8 nitrogen and oxygen atoms in total. The lowest BCUT2D eigenvalue weighted by Gasteiger charge is -2.34. The lowest BCUT2D eigenvalue weighted by Crippen LogP contribution is -2.42. The maximum atomic E-state index is 13.9. The summed E-state index contributed by atoms with van der Waals surface area (Å²) in [5.41, 5.74) is -1.14. The van der Waals surface area contributed by atoms with Gasteiger partial charge in [0, 0.05) is 37.7 Å². The molecule has 15 heteroatoms. The Morgan fingerprint density at radius 3 is 2.27 bits per heavy atom. The van der Waals surface area contributed by atoms with E-state index in [0.29, 0.717) is 0 Å². The maximum absolute atomic E-state index is 13.9. The van der Waals surface area contributed by atoms with Crippen LogP contribution in [-0.4, -0.2) is 50.2 Å². The third kappa shape index (κ3) is 8.00. The second kappa shape index (κ2) is 10.9. The number of nitrogens with zero attached hydrogens (tertiary/aromatic N) is 3. The summed E-state index contributed by atoms with van der Waals surface area (Å²) in [6.07, 6.45) is -5.71. The Hall–Kier alpha value is -3.13. The zero-order valence-electron chi connectivity index (χ0n) is 22.7. The molecule has 0 aromatic carbocycles. The molecule has 0 aliphatic heterocycles. The Morgan fingerprint density at radius 2 is 1.71 bits per heavy atom. The van der Waals surface area contributed by atoms with Crippen LogP contribution >= 0.6 is 0 Å². The molecule has 0 saturated heterocycles. The van der Waals surface area contributed by atoms with Gasteiger partial charge in [-0.2, -0.15) is 18.3 Å². The lowest BCUT2D eigenvalue weighted by atomic mass is 9.79. The molecule has 2 aliphatic carbocycles. The van der Waals surface area contributed by atoms with Crippen molar-refractivity contribution >= 4 is 17.6 Å². The number of hydrogen-bond donors (Lipinski definition) is 2. The zero-order chi connectivity index (χ0) is 30.4. The summed E-state index contributed by atoms with van der Waals surface area (Å²) in [6, 6.07) is -2.29. The molecule has 4 rings (SSSR count). The van der Waals surface area contributed by atoms with Crippen LogP contribution in [-0.2, 0) is 9.53 Å². The van der Waals surface area contributed by atoms with Crippen LogP contribution in [0.15, 0.2) is 18.5 Å². The van der Waals surface area contributed by atoms with Crippen molar-refractivity contribution in [3.05, 3.63) is 29.7 Å². The Labute approximate surface area is 231 Å². The van der Waals surface area contributed by atoms with E-state index in [-0.39, 0.29) is 24.2 Å². The molecule has 0 spiro atoms. The first-order valence-corrected chi connectivity index (χ1v) is 13.3. The molecule has 2 atom stereocenters. The van der Waals surface area contributed by atoms with Crippen LogP contribution in [0.25, 0.3) is 5.65 Å². The number of hydrogen-bond acceptors (Lipinski definition) is 5. The standard InChI is InChI=1S/C26H32F7N5O3/c1-23(2,3)41-22(40)37-20(15-4-6-24(27,28)7-5-15)17-13-38-18(35-17)9-16(12-34-38)21(26(31,32)33)36-19(39)8-14-10-25(29,30)11-14/h9,12-15,20-21H,4-8,10-11H2,1-3H3,(H,36,39)(H,37,40)/t20-,21-/m0/s1. The van der Waals surface area contributed by atoms with E-state index < -0.39 is 97.2 Å². The highest BCUT2D eigenvalue weighted by atomic mass is 19.4. The van der Waals surface area contributed by atoms with Crippen LogP contribution in [0.1, 0.15) is 89.1 Å². The van der Waals surface area contributed by atoms with Crippen molar-refractivity contribution in [3.8, 4) is 0 Å². The summed E-state index contributed by atoms with van der Waals surface area (Å²) in [7, 11) is 0. The number of aromatic nitrogens is 3. The van der Waals surface area contributed by atoms with E-state index in [9.17, 15) is 40.3 Å².